The van der Waals surface area contributed by atoms with Crippen LogP contribution in [0.1, 0.15) is 55.4 Å². The SMILES string of the molecule is CCc1cc(CC)n(-c2nc(C3CC3)nc(NC)c2C)n1. The number of aromatic nitrogens is 4. The summed E-state index contributed by atoms with van der Waals surface area (Å²) in [4.78, 5) is 9.48. The molecule has 2 aromatic heterocycles. The highest BCUT2D eigenvalue weighted by Gasteiger charge is 2.28. The zero-order chi connectivity index (χ0) is 15.0. The third-order valence-corrected chi connectivity index (χ3v) is 4.08. The molecule has 0 saturated heterocycles. The molecule has 1 fully saturated rings. The van der Waals surface area contributed by atoms with E-state index in [1.807, 2.05) is 11.7 Å². The van der Waals surface area contributed by atoms with Crippen molar-refractivity contribution < 1.29 is 0 Å². The fourth-order valence-electron chi connectivity index (χ4n) is 2.58. The normalized spacial score (nSPS) is 14.5. The second-order valence-electron chi connectivity index (χ2n) is 5.65. The molecular weight excluding hydrogens is 262 g/mol. The first-order valence-electron chi connectivity index (χ1n) is 7.82. The summed E-state index contributed by atoms with van der Waals surface area (Å²) in [5, 5.41) is 7.92. The molecule has 1 saturated carbocycles. The van der Waals surface area contributed by atoms with Crippen LogP contribution in [0.4, 0.5) is 5.82 Å². The molecule has 0 unspecified atom stereocenters. The summed E-state index contributed by atoms with van der Waals surface area (Å²) in [5.41, 5.74) is 3.38. The predicted molar refractivity (Wildman–Crippen MR) is 84.2 cm³/mol. The Labute approximate surface area is 125 Å². The Morgan fingerprint density at radius 3 is 2.57 bits per heavy atom. The number of anilines is 1. The van der Waals surface area contributed by atoms with Crippen LogP contribution in [0.15, 0.2) is 6.07 Å². The van der Waals surface area contributed by atoms with E-state index in [0.29, 0.717) is 5.92 Å². The van der Waals surface area contributed by atoms with E-state index in [1.54, 1.807) is 0 Å². The molecular formula is C16H23N5. The van der Waals surface area contributed by atoms with Crippen LogP contribution >= 0.6 is 0 Å². The topological polar surface area (TPSA) is 55.6 Å². The minimum atomic E-state index is 0.530. The summed E-state index contributed by atoms with van der Waals surface area (Å²) in [7, 11) is 1.91. The van der Waals surface area contributed by atoms with Gasteiger partial charge in [-0.05, 0) is 38.7 Å². The van der Waals surface area contributed by atoms with Crippen LogP contribution in [-0.2, 0) is 12.8 Å². The van der Waals surface area contributed by atoms with E-state index in [1.165, 1.54) is 18.5 Å². The van der Waals surface area contributed by atoms with Crippen molar-refractivity contribution in [3.63, 3.8) is 0 Å². The molecule has 2 heterocycles. The first-order chi connectivity index (χ1) is 10.2. The average Bonchev–Trinajstić information content (AvgIpc) is 3.27. The van der Waals surface area contributed by atoms with Crippen LogP contribution in [0.5, 0.6) is 0 Å². The van der Waals surface area contributed by atoms with Crippen LogP contribution in [0, 0.1) is 6.92 Å². The summed E-state index contributed by atoms with van der Waals surface area (Å²) >= 11 is 0. The zero-order valence-corrected chi connectivity index (χ0v) is 13.3. The summed E-state index contributed by atoms with van der Waals surface area (Å²) in [6.07, 6.45) is 4.29. The van der Waals surface area contributed by atoms with Gasteiger partial charge in [-0.3, -0.25) is 0 Å². The number of nitrogens with zero attached hydrogens (tertiary/aromatic N) is 4. The van der Waals surface area contributed by atoms with Crippen molar-refractivity contribution in [2.45, 2.75) is 52.4 Å². The van der Waals surface area contributed by atoms with E-state index in [9.17, 15) is 0 Å². The first-order valence-corrected chi connectivity index (χ1v) is 7.82. The smallest absolute Gasteiger partial charge is 0.162 e. The Bertz CT molecular complexity index is 655. The molecule has 0 bridgehead atoms. The van der Waals surface area contributed by atoms with E-state index in [2.05, 4.69) is 37.1 Å². The summed E-state index contributed by atoms with van der Waals surface area (Å²) < 4.78 is 2.00. The number of rotatable bonds is 5. The molecule has 0 spiro atoms. The van der Waals surface area contributed by atoms with Gasteiger partial charge in [0, 0.05) is 24.2 Å². The van der Waals surface area contributed by atoms with E-state index in [-0.39, 0.29) is 0 Å². The number of hydrogen-bond donors (Lipinski definition) is 1. The standard InChI is InChI=1S/C16H23N5/c1-5-12-9-13(6-2)21(20-12)16-10(3)14(17-4)18-15(19-16)11-7-8-11/h9,11H,5-8H2,1-4H3,(H,17,18,19). The number of hydrogen-bond acceptors (Lipinski definition) is 4. The first kappa shape index (κ1) is 14.0. The molecule has 112 valence electrons. The minimum Gasteiger partial charge on any atom is -0.373 e. The van der Waals surface area contributed by atoms with Gasteiger partial charge in [0.1, 0.15) is 11.6 Å². The average molecular weight is 285 g/mol. The third-order valence-electron chi connectivity index (χ3n) is 4.08. The molecule has 0 radical (unpaired) electrons. The molecule has 3 rings (SSSR count). The van der Waals surface area contributed by atoms with Crippen molar-refractivity contribution in [1.29, 1.82) is 0 Å². The van der Waals surface area contributed by atoms with Gasteiger partial charge in [0.05, 0.1) is 5.69 Å². The highest BCUT2D eigenvalue weighted by molar-refractivity contribution is 5.52. The summed E-state index contributed by atoms with van der Waals surface area (Å²) in [6, 6.07) is 2.18. The maximum Gasteiger partial charge on any atom is 0.162 e. The van der Waals surface area contributed by atoms with E-state index in [0.717, 1.165) is 41.6 Å². The second kappa shape index (κ2) is 5.47. The molecule has 1 aliphatic carbocycles. The molecule has 0 aliphatic heterocycles. The lowest BCUT2D eigenvalue weighted by atomic mass is 10.2. The van der Waals surface area contributed by atoms with Gasteiger partial charge in [-0.1, -0.05) is 13.8 Å². The van der Waals surface area contributed by atoms with Crippen LogP contribution in [0.3, 0.4) is 0 Å². The van der Waals surface area contributed by atoms with Crippen molar-refractivity contribution in [2.75, 3.05) is 12.4 Å². The number of nitrogens with one attached hydrogen (secondary N) is 1. The molecule has 5 heteroatoms. The van der Waals surface area contributed by atoms with Crippen molar-refractivity contribution in [1.82, 2.24) is 19.7 Å². The Balaban J connectivity index is 2.16. The van der Waals surface area contributed by atoms with Gasteiger partial charge in [0.15, 0.2) is 5.82 Å². The Kier molecular flexibility index (Phi) is 3.66. The van der Waals surface area contributed by atoms with Crippen molar-refractivity contribution in [3.05, 3.63) is 28.8 Å². The van der Waals surface area contributed by atoms with E-state index in [4.69, 9.17) is 10.1 Å². The molecule has 0 atom stereocenters. The molecule has 5 nitrogen and oxygen atoms in total. The predicted octanol–water partition coefficient (Wildman–Crippen LogP) is 3.01. The molecule has 0 amide bonds. The van der Waals surface area contributed by atoms with Gasteiger partial charge in [0.25, 0.3) is 0 Å². The molecule has 0 aromatic carbocycles. The third kappa shape index (κ3) is 2.52. The second-order valence-corrected chi connectivity index (χ2v) is 5.65. The van der Waals surface area contributed by atoms with Crippen LogP contribution in [-0.4, -0.2) is 26.8 Å². The van der Waals surface area contributed by atoms with E-state index >= 15 is 0 Å². The van der Waals surface area contributed by atoms with Crippen molar-refractivity contribution >= 4 is 5.82 Å². The largest absolute Gasteiger partial charge is 0.373 e. The van der Waals surface area contributed by atoms with Crippen LogP contribution < -0.4 is 5.32 Å². The van der Waals surface area contributed by atoms with Crippen molar-refractivity contribution in [3.8, 4) is 5.82 Å². The van der Waals surface area contributed by atoms with Crippen molar-refractivity contribution in [2.24, 2.45) is 0 Å². The Morgan fingerprint density at radius 1 is 1.24 bits per heavy atom. The molecule has 1 N–H and O–H groups in total. The lowest BCUT2D eigenvalue weighted by Gasteiger charge is -2.13. The van der Waals surface area contributed by atoms with Gasteiger partial charge in [0.2, 0.25) is 0 Å². The fraction of sp³-hybridized carbons (Fsp3) is 0.562. The Morgan fingerprint density at radius 2 is 2.00 bits per heavy atom. The van der Waals surface area contributed by atoms with E-state index < -0.39 is 0 Å². The Hall–Kier alpha value is -1.91. The molecule has 2 aromatic rings. The van der Waals surface area contributed by atoms with Gasteiger partial charge in [-0.2, -0.15) is 5.10 Å². The number of aryl methyl sites for hydroxylation is 2. The van der Waals surface area contributed by atoms with Gasteiger partial charge in [-0.15, -0.1) is 0 Å². The molecule has 21 heavy (non-hydrogen) atoms. The van der Waals surface area contributed by atoms with Gasteiger partial charge in [-0.25, -0.2) is 14.6 Å². The van der Waals surface area contributed by atoms with Gasteiger partial charge >= 0.3 is 0 Å². The minimum absolute atomic E-state index is 0.530. The maximum absolute atomic E-state index is 4.82. The van der Waals surface area contributed by atoms with Gasteiger partial charge < -0.3 is 5.32 Å². The lowest BCUT2D eigenvalue weighted by molar-refractivity contribution is 0.749. The maximum atomic E-state index is 4.82. The quantitative estimate of drug-likeness (QED) is 0.917. The fourth-order valence-corrected chi connectivity index (χ4v) is 2.58. The van der Waals surface area contributed by atoms with Crippen LogP contribution in [0.25, 0.3) is 5.82 Å². The highest BCUT2D eigenvalue weighted by Crippen LogP contribution is 2.39. The summed E-state index contributed by atoms with van der Waals surface area (Å²) in [5.74, 6) is 3.32. The zero-order valence-electron chi connectivity index (χ0n) is 13.3. The highest BCUT2D eigenvalue weighted by atomic mass is 15.3. The lowest BCUT2D eigenvalue weighted by Crippen LogP contribution is -2.12. The summed E-state index contributed by atoms with van der Waals surface area (Å²) in [6.45, 7) is 6.35. The molecule has 1 aliphatic rings. The monoisotopic (exact) mass is 285 g/mol. The van der Waals surface area contributed by atoms with Crippen LogP contribution in [0.2, 0.25) is 0 Å².